The molecule has 1 unspecified atom stereocenters. The molecule has 1 aromatic heterocycles. The molecule has 0 bridgehead atoms. The van der Waals surface area contributed by atoms with Gasteiger partial charge < -0.3 is 9.73 Å². The van der Waals surface area contributed by atoms with Gasteiger partial charge in [0.2, 0.25) is 0 Å². The molecule has 0 aromatic carbocycles. The van der Waals surface area contributed by atoms with Gasteiger partial charge in [0.25, 0.3) is 0 Å². The molecule has 2 nitrogen and oxygen atoms in total. The third-order valence-corrected chi connectivity index (χ3v) is 3.34. The molecule has 0 aliphatic carbocycles. The summed E-state index contributed by atoms with van der Waals surface area (Å²) in [5.74, 6) is 1.09. The lowest BCUT2D eigenvalue weighted by molar-refractivity contribution is 0.428. The van der Waals surface area contributed by atoms with Gasteiger partial charge in [-0.2, -0.15) is 0 Å². The van der Waals surface area contributed by atoms with E-state index < -0.39 is 0 Å². The first-order valence-corrected chi connectivity index (χ1v) is 7.06. The molecule has 0 saturated heterocycles. The third-order valence-electron chi connectivity index (χ3n) is 3.34. The molecular formula is C15H27NO. The van der Waals surface area contributed by atoms with Crippen LogP contribution in [0.3, 0.4) is 0 Å². The number of likely N-dealkylation sites (N-methyl/N-ethyl adjacent to an activating group) is 1. The predicted octanol–water partition coefficient (Wildman–Crippen LogP) is 4.16. The molecule has 0 saturated carbocycles. The van der Waals surface area contributed by atoms with Crippen LogP contribution in [0.25, 0.3) is 0 Å². The van der Waals surface area contributed by atoms with Crippen LogP contribution >= 0.6 is 0 Å². The fourth-order valence-corrected chi connectivity index (χ4v) is 2.19. The number of furan rings is 1. The Kier molecular flexibility index (Phi) is 7.81. The molecule has 17 heavy (non-hydrogen) atoms. The van der Waals surface area contributed by atoms with Crippen molar-refractivity contribution in [2.75, 3.05) is 7.05 Å². The van der Waals surface area contributed by atoms with Crippen molar-refractivity contribution in [2.24, 2.45) is 0 Å². The zero-order chi connectivity index (χ0) is 12.3. The number of rotatable bonds is 10. The van der Waals surface area contributed by atoms with E-state index in [4.69, 9.17) is 4.42 Å². The molecule has 0 spiro atoms. The molecule has 1 aromatic rings. The van der Waals surface area contributed by atoms with Gasteiger partial charge in [0.1, 0.15) is 5.76 Å². The maximum atomic E-state index is 5.39. The summed E-state index contributed by atoms with van der Waals surface area (Å²) in [6, 6.07) is 4.59. The van der Waals surface area contributed by atoms with E-state index in [0.29, 0.717) is 6.04 Å². The van der Waals surface area contributed by atoms with E-state index >= 15 is 0 Å². The van der Waals surface area contributed by atoms with E-state index in [0.717, 1.165) is 12.2 Å². The standard InChI is InChI=1S/C15H27NO/c1-3-4-5-6-7-8-10-14(16-2)13-15-11-9-12-17-15/h9,11-12,14,16H,3-8,10,13H2,1-2H3. The fourth-order valence-electron chi connectivity index (χ4n) is 2.19. The van der Waals surface area contributed by atoms with E-state index in [1.165, 1.54) is 44.9 Å². The second-order valence-electron chi connectivity index (χ2n) is 4.83. The Bertz CT molecular complexity index is 256. The van der Waals surface area contributed by atoms with Gasteiger partial charge in [-0.15, -0.1) is 0 Å². The summed E-state index contributed by atoms with van der Waals surface area (Å²) < 4.78 is 5.39. The number of nitrogens with one attached hydrogen (secondary N) is 1. The summed E-state index contributed by atoms with van der Waals surface area (Å²) in [7, 11) is 2.05. The normalized spacial score (nSPS) is 12.8. The van der Waals surface area contributed by atoms with Crippen LogP contribution in [0.15, 0.2) is 22.8 Å². The predicted molar refractivity (Wildman–Crippen MR) is 73.3 cm³/mol. The van der Waals surface area contributed by atoms with Crippen LogP contribution in [0.4, 0.5) is 0 Å². The summed E-state index contributed by atoms with van der Waals surface area (Å²) in [6.07, 6.45) is 12.2. The molecule has 0 aliphatic rings. The minimum absolute atomic E-state index is 0.562. The lowest BCUT2D eigenvalue weighted by Gasteiger charge is -2.14. The Morgan fingerprint density at radius 3 is 2.59 bits per heavy atom. The molecule has 1 heterocycles. The summed E-state index contributed by atoms with van der Waals surface area (Å²) in [5.41, 5.74) is 0. The second kappa shape index (κ2) is 9.29. The Balaban J connectivity index is 2.06. The van der Waals surface area contributed by atoms with Crippen molar-refractivity contribution in [1.29, 1.82) is 0 Å². The van der Waals surface area contributed by atoms with Crippen molar-refractivity contribution >= 4 is 0 Å². The highest BCUT2D eigenvalue weighted by atomic mass is 16.3. The molecule has 1 N–H and O–H groups in total. The number of unbranched alkanes of at least 4 members (excludes halogenated alkanes) is 5. The summed E-state index contributed by atoms with van der Waals surface area (Å²) in [6.45, 7) is 2.26. The largest absolute Gasteiger partial charge is 0.469 e. The first kappa shape index (κ1) is 14.3. The number of hydrogen-bond acceptors (Lipinski definition) is 2. The van der Waals surface area contributed by atoms with Gasteiger partial charge in [-0.05, 0) is 25.6 Å². The van der Waals surface area contributed by atoms with Gasteiger partial charge in [-0.1, -0.05) is 45.4 Å². The quantitative estimate of drug-likeness (QED) is 0.618. The minimum atomic E-state index is 0.562. The SMILES string of the molecule is CCCCCCCCC(Cc1ccco1)NC. The van der Waals surface area contributed by atoms with Crippen molar-refractivity contribution in [1.82, 2.24) is 5.32 Å². The highest BCUT2D eigenvalue weighted by Crippen LogP contribution is 2.12. The van der Waals surface area contributed by atoms with Crippen molar-refractivity contribution < 1.29 is 4.42 Å². The Morgan fingerprint density at radius 1 is 1.18 bits per heavy atom. The maximum absolute atomic E-state index is 5.39. The second-order valence-corrected chi connectivity index (χ2v) is 4.83. The van der Waals surface area contributed by atoms with Crippen LogP contribution in [-0.4, -0.2) is 13.1 Å². The zero-order valence-electron chi connectivity index (χ0n) is 11.4. The van der Waals surface area contributed by atoms with Gasteiger partial charge in [0, 0.05) is 12.5 Å². The van der Waals surface area contributed by atoms with Gasteiger partial charge in [-0.3, -0.25) is 0 Å². The van der Waals surface area contributed by atoms with Crippen molar-refractivity contribution in [2.45, 2.75) is 64.3 Å². The lowest BCUT2D eigenvalue weighted by atomic mass is 10.0. The molecule has 0 radical (unpaired) electrons. The van der Waals surface area contributed by atoms with Crippen LogP contribution < -0.4 is 5.32 Å². The van der Waals surface area contributed by atoms with E-state index in [-0.39, 0.29) is 0 Å². The van der Waals surface area contributed by atoms with Gasteiger partial charge >= 0.3 is 0 Å². The molecule has 98 valence electrons. The molecule has 0 amide bonds. The lowest BCUT2D eigenvalue weighted by Crippen LogP contribution is -2.27. The van der Waals surface area contributed by atoms with E-state index in [2.05, 4.69) is 18.3 Å². The summed E-state index contributed by atoms with van der Waals surface area (Å²) >= 11 is 0. The Morgan fingerprint density at radius 2 is 1.94 bits per heavy atom. The Hall–Kier alpha value is -0.760. The third kappa shape index (κ3) is 6.52. The Labute approximate surface area is 106 Å². The first-order valence-electron chi connectivity index (χ1n) is 7.06. The first-order chi connectivity index (χ1) is 8.36. The molecule has 2 heteroatoms. The smallest absolute Gasteiger partial charge is 0.105 e. The monoisotopic (exact) mass is 237 g/mol. The topological polar surface area (TPSA) is 25.2 Å². The van der Waals surface area contributed by atoms with Crippen molar-refractivity contribution in [3.05, 3.63) is 24.2 Å². The fraction of sp³-hybridized carbons (Fsp3) is 0.733. The van der Waals surface area contributed by atoms with Crippen LogP contribution in [0.1, 0.15) is 57.6 Å². The van der Waals surface area contributed by atoms with Gasteiger partial charge in [0.15, 0.2) is 0 Å². The molecule has 0 aliphatic heterocycles. The molecule has 1 rings (SSSR count). The van der Waals surface area contributed by atoms with Gasteiger partial charge in [-0.25, -0.2) is 0 Å². The van der Waals surface area contributed by atoms with Crippen molar-refractivity contribution in [3.8, 4) is 0 Å². The van der Waals surface area contributed by atoms with Crippen LogP contribution in [0.2, 0.25) is 0 Å². The van der Waals surface area contributed by atoms with Crippen LogP contribution in [0, 0.1) is 0 Å². The van der Waals surface area contributed by atoms with E-state index in [1.807, 2.05) is 13.1 Å². The highest BCUT2D eigenvalue weighted by Gasteiger charge is 2.08. The summed E-state index contributed by atoms with van der Waals surface area (Å²) in [4.78, 5) is 0. The van der Waals surface area contributed by atoms with Crippen LogP contribution in [-0.2, 0) is 6.42 Å². The molecular weight excluding hydrogens is 210 g/mol. The molecule has 0 fully saturated rings. The highest BCUT2D eigenvalue weighted by molar-refractivity contribution is 5.00. The molecule has 1 atom stereocenters. The number of hydrogen-bond donors (Lipinski definition) is 1. The average molecular weight is 237 g/mol. The average Bonchev–Trinajstić information content (AvgIpc) is 2.85. The summed E-state index contributed by atoms with van der Waals surface area (Å²) in [5, 5.41) is 3.38. The van der Waals surface area contributed by atoms with Gasteiger partial charge in [0.05, 0.1) is 6.26 Å². The zero-order valence-corrected chi connectivity index (χ0v) is 11.4. The van der Waals surface area contributed by atoms with E-state index in [1.54, 1.807) is 6.26 Å². The maximum Gasteiger partial charge on any atom is 0.105 e. The van der Waals surface area contributed by atoms with Crippen LogP contribution in [0.5, 0.6) is 0 Å². The van der Waals surface area contributed by atoms with E-state index in [9.17, 15) is 0 Å². The van der Waals surface area contributed by atoms with Crippen molar-refractivity contribution in [3.63, 3.8) is 0 Å². The minimum Gasteiger partial charge on any atom is -0.469 e.